The maximum atomic E-state index is 8.91. The van der Waals surface area contributed by atoms with E-state index in [2.05, 4.69) is 21.1 Å². The zero-order valence-corrected chi connectivity index (χ0v) is 10.1. The molecule has 2 rings (SSSR count). The van der Waals surface area contributed by atoms with Gasteiger partial charge in [-0.2, -0.15) is 5.26 Å². The van der Waals surface area contributed by atoms with Crippen LogP contribution >= 0.6 is 15.9 Å². The fourth-order valence-corrected chi connectivity index (χ4v) is 1.94. The molecule has 0 fully saturated rings. The van der Waals surface area contributed by atoms with Crippen molar-refractivity contribution in [1.29, 1.82) is 5.26 Å². The summed E-state index contributed by atoms with van der Waals surface area (Å²) < 4.78 is 5.02. The van der Waals surface area contributed by atoms with Gasteiger partial charge in [0, 0.05) is 16.5 Å². The lowest BCUT2D eigenvalue weighted by Gasteiger charge is -1.98. The van der Waals surface area contributed by atoms with E-state index in [0.29, 0.717) is 5.76 Å². The summed E-state index contributed by atoms with van der Waals surface area (Å²) in [4.78, 5) is 0. The molecule has 16 heavy (non-hydrogen) atoms. The molecule has 1 heterocycles. The monoisotopic (exact) mass is 276 g/mol. The minimum Gasteiger partial charge on any atom is -0.345 e. The second-order valence-corrected chi connectivity index (χ2v) is 4.05. The highest BCUT2D eigenvalue weighted by molar-refractivity contribution is 9.09. The second kappa shape index (κ2) is 4.95. The Morgan fingerprint density at radius 3 is 2.69 bits per heavy atom. The first-order valence-electron chi connectivity index (χ1n) is 4.87. The zero-order valence-electron chi connectivity index (χ0n) is 8.48. The SMILES string of the molecule is N#Cc1onc(-c2ccccc2)c1CCBr. The molecule has 0 aliphatic rings. The van der Waals surface area contributed by atoms with Crippen LogP contribution in [0.15, 0.2) is 34.9 Å². The molecule has 0 bridgehead atoms. The summed E-state index contributed by atoms with van der Waals surface area (Å²) in [6.07, 6.45) is 0.733. The summed E-state index contributed by atoms with van der Waals surface area (Å²) in [5, 5.41) is 13.6. The van der Waals surface area contributed by atoms with E-state index < -0.39 is 0 Å². The smallest absolute Gasteiger partial charge is 0.239 e. The van der Waals surface area contributed by atoms with Crippen LogP contribution in [0.2, 0.25) is 0 Å². The van der Waals surface area contributed by atoms with Crippen molar-refractivity contribution in [3.8, 4) is 17.3 Å². The van der Waals surface area contributed by atoms with Crippen LogP contribution in [0.25, 0.3) is 11.3 Å². The highest BCUT2D eigenvalue weighted by Gasteiger charge is 2.16. The molecule has 2 aromatic rings. The average Bonchev–Trinajstić information content (AvgIpc) is 2.74. The van der Waals surface area contributed by atoms with Crippen molar-refractivity contribution in [2.24, 2.45) is 0 Å². The van der Waals surface area contributed by atoms with Crippen LogP contribution in [0.3, 0.4) is 0 Å². The lowest BCUT2D eigenvalue weighted by atomic mass is 10.0. The molecule has 0 aliphatic carbocycles. The first-order chi connectivity index (χ1) is 7.86. The molecule has 1 aromatic carbocycles. The van der Waals surface area contributed by atoms with Crippen LogP contribution in [-0.4, -0.2) is 10.5 Å². The third kappa shape index (κ3) is 2.00. The molecule has 0 atom stereocenters. The molecule has 3 nitrogen and oxygen atoms in total. The molecule has 0 amide bonds. The van der Waals surface area contributed by atoms with Gasteiger partial charge in [0.25, 0.3) is 0 Å². The standard InChI is InChI=1S/C12H9BrN2O/c13-7-6-10-11(8-14)16-15-12(10)9-4-2-1-3-5-9/h1-5H,6-7H2. The minimum absolute atomic E-state index is 0.304. The van der Waals surface area contributed by atoms with Crippen molar-refractivity contribution in [1.82, 2.24) is 5.16 Å². The van der Waals surface area contributed by atoms with Crippen LogP contribution in [0.1, 0.15) is 11.3 Å². The van der Waals surface area contributed by atoms with Gasteiger partial charge in [-0.05, 0) is 6.42 Å². The highest BCUT2D eigenvalue weighted by atomic mass is 79.9. The van der Waals surface area contributed by atoms with E-state index >= 15 is 0 Å². The van der Waals surface area contributed by atoms with E-state index in [9.17, 15) is 0 Å². The van der Waals surface area contributed by atoms with Gasteiger partial charge < -0.3 is 4.52 Å². The summed E-state index contributed by atoms with van der Waals surface area (Å²) in [5.74, 6) is 0.304. The average molecular weight is 277 g/mol. The van der Waals surface area contributed by atoms with Gasteiger partial charge in [0.1, 0.15) is 11.8 Å². The zero-order chi connectivity index (χ0) is 11.4. The first-order valence-corrected chi connectivity index (χ1v) is 5.99. The van der Waals surface area contributed by atoms with E-state index in [1.165, 1.54) is 0 Å². The van der Waals surface area contributed by atoms with Crippen molar-refractivity contribution >= 4 is 15.9 Å². The number of nitrogens with zero attached hydrogens (tertiary/aromatic N) is 2. The van der Waals surface area contributed by atoms with E-state index in [1.807, 2.05) is 36.4 Å². The highest BCUT2D eigenvalue weighted by Crippen LogP contribution is 2.25. The molecule has 0 spiro atoms. The molecule has 1 aromatic heterocycles. The Hall–Kier alpha value is -1.60. The van der Waals surface area contributed by atoms with Crippen molar-refractivity contribution in [2.75, 3.05) is 5.33 Å². The fourth-order valence-electron chi connectivity index (χ4n) is 1.55. The normalized spacial score (nSPS) is 10.0. The van der Waals surface area contributed by atoms with Crippen LogP contribution in [0, 0.1) is 11.3 Å². The Morgan fingerprint density at radius 2 is 2.06 bits per heavy atom. The maximum Gasteiger partial charge on any atom is 0.239 e. The molecular formula is C12H9BrN2O. The number of aromatic nitrogens is 1. The summed E-state index contributed by atoms with van der Waals surface area (Å²) in [6.45, 7) is 0. The number of halogens is 1. The van der Waals surface area contributed by atoms with E-state index in [-0.39, 0.29) is 0 Å². The molecule has 0 aliphatic heterocycles. The van der Waals surface area contributed by atoms with Gasteiger partial charge in [0.2, 0.25) is 5.76 Å². The lowest BCUT2D eigenvalue weighted by molar-refractivity contribution is 0.411. The molecule has 0 saturated heterocycles. The molecule has 80 valence electrons. The molecular weight excluding hydrogens is 268 g/mol. The number of nitriles is 1. The third-order valence-electron chi connectivity index (χ3n) is 2.28. The predicted octanol–water partition coefficient (Wildman–Crippen LogP) is 3.15. The van der Waals surface area contributed by atoms with Crippen molar-refractivity contribution in [2.45, 2.75) is 6.42 Å². The second-order valence-electron chi connectivity index (χ2n) is 3.26. The number of alkyl halides is 1. The first kappa shape index (κ1) is 10.9. The van der Waals surface area contributed by atoms with Crippen molar-refractivity contribution < 1.29 is 4.52 Å². The summed E-state index contributed by atoms with van der Waals surface area (Å²) >= 11 is 3.36. The van der Waals surface area contributed by atoms with E-state index in [4.69, 9.17) is 9.78 Å². The number of rotatable bonds is 3. The third-order valence-corrected chi connectivity index (χ3v) is 2.68. The topological polar surface area (TPSA) is 49.8 Å². The van der Waals surface area contributed by atoms with Gasteiger partial charge in [-0.15, -0.1) is 0 Å². The van der Waals surface area contributed by atoms with Crippen molar-refractivity contribution in [3.05, 3.63) is 41.7 Å². The molecule has 0 N–H and O–H groups in total. The molecule has 4 heteroatoms. The van der Waals surface area contributed by atoms with E-state index in [1.54, 1.807) is 0 Å². The van der Waals surface area contributed by atoms with Gasteiger partial charge in [0.05, 0.1) is 0 Å². The molecule has 0 saturated carbocycles. The molecule has 0 radical (unpaired) electrons. The van der Waals surface area contributed by atoms with Crippen LogP contribution in [0.4, 0.5) is 0 Å². The largest absolute Gasteiger partial charge is 0.345 e. The number of hydrogen-bond donors (Lipinski definition) is 0. The van der Waals surface area contributed by atoms with Crippen LogP contribution < -0.4 is 0 Å². The van der Waals surface area contributed by atoms with E-state index in [0.717, 1.165) is 28.6 Å². The molecule has 0 unspecified atom stereocenters. The van der Waals surface area contributed by atoms with Crippen LogP contribution in [0.5, 0.6) is 0 Å². The van der Waals surface area contributed by atoms with Crippen molar-refractivity contribution in [3.63, 3.8) is 0 Å². The lowest BCUT2D eigenvalue weighted by Crippen LogP contribution is -1.90. The predicted molar refractivity (Wildman–Crippen MR) is 64.2 cm³/mol. The Bertz CT molecular complexity index is 514. The summed E-state index contributed by atoms with van der Waals surface area (Å²) in [7, 11) is 0. The van der Waals surface area contributed by atoms with Gasteiger partial charge in [-0.25, -0.2) is 0 Å². The number of benzene rings is 1. The Kier molecular flexibility index (Phi) is 3.37. The summed E-state index contributed by atoms with van der Waals surface area (Å²) in [6, 6.07) is 11.8. The minimum atomic E-state index is 0.304. The van der Waals surface area contributed by atoms with Gasteiger partial charge >= 0.3 is 0 Å². The Balaban J connectivity index is 2.50. The Morgan fingerprint density at radius 1 is 1.31 bits per heavy atom. The maximum absolute atomic E-state index is 8.91. The Labute approximate surface area is 102 Å². The summed E-state index contributed by atoms with van der Waals surface area (Å²) in [5.41, 5.74) is 2.60. The van der Waals surface area contributed by atoms with Gasteiger partial charge in [-0.1, -0.05) is 51.4 Å². The van der Waals surface area contributed by atoms with Gasteiger partial charge in [0.15, 0.2) is 0 Å². The quantitative estimate of drug-likeness (QED) is 0.810. The number of hydrogen-bond acceptors (Lipinski definition) is 3. The fraction of sp³-hybridized carbons (Fsp3) is 0.167. The van der Waals surface area contributed by atoms with Crippen LogP contribution in [-0.2, 0) is 6.42 Å². The van der Waals surface area contributed by atoms with Gasteiger partial charge in [-0.3, -0.25) is 0 Å².